The molecule has 0 fully saturated rings. The number of aryl methyl sites for hydroxylation is 2. The average molecular weight is 969 g/mol. The summed E-state index contributed by atoms with van der Waals surface area (Å²) >= 11 is 0. The van der Waals surface area contributed by atoms with Crippen molar-refractivity contribution in [1.29, 1.82) is 10.5 Å². The lowest BCUT2D eigenvalue weighted by molar-refractivity contribution is -0.155. The van der Waals surface area contributed by atoms with Crippen LogP contribution in [0.25, 0.3) is 0 Å². The normalized spacial score (nSPS) is 16.3. The Morgan fingerprint density at radius 3 is 1.19 bits per heavy atom. The number of fused-ring (bicyclic) bond motifs is 2. The van der Waals surface area contributed by atoms with Gasteiger partial charge >= 0.3 is 11.9 Å². The predicted octanol–water partition coefficient (Wildman–Crippen LogP) is 9.55. The number of rotatable bonds is 12. The van der Waals surface area contributed by atoms with Gasteiger partial charge in [-0.05, 0) is 143 Å². The number of carbonyl (C=O) groups is 2. The lowest BCUT2D eigenvalue weighted by Crippen LogP contribution is -2.45. The number of sulfonamides is 2. The van der Waals surface area contributed by atoms with Crippen molar-refractivity contribution in [2.45, 2.75) is 142 Å². The summed E-state index contributed by atoms with van der Waals surface area (Å²) in [5.41, 5.74) is 1.29. The van der Waals surface area contributed by atoms with Crippen LogP contribution in [0.4, 0.5) is 11.4 Å². The largest absolute Gasteiger partial charge is 0.486 e. The third kappa shape index (κ3) is 14.0. The summed E-state index contributed by atoms with van der Waals surface area (Å²) in [7, 11) is -7.81. The zero-order chi connectivity index (χ0) is 50.6. The van der Waals surface area contributed by atoms with E-state index in [4.69, 9.17) is 18.9 Å². The second kappa shape index (κ2) is 20.2. The minimum absolute atomic E-state index is 0.00780. The highest BCUT2D eigenvalue weighted by atomic mass is 32.2. The molecule has 16 heteroatoms. The Morgan fingerprint density at radius 1 is 0.574 bits per heavy atom. The van der Waals surface area contributed by atoms with Gasteiger partial charge in [-0.2, -0.15) is 10.5 Å². The minimum Gasteiger partial charge on any atom is -0.486 e. The van der Waals surface area contributed by atoms with Crippen LogP contribution in [-0.2, 0) is 52.0 Å². The molecule has 0 N–H and O–H groups in total. The highest BCUT2D eigenvalue weighted by molar-refractivity contribution is 7.93. The molecule has 0 amide bonds. The molecule has 0 radical (unpaired) electrons. The van der Waals surface area contributed by atoms with Gasteiger partial charge in [0.25, 0.3) is 20.0 Å². The molecule has 2 aliphatic rings. The Morgan fingerprint density at radius 2 is 0.897 bits per heavy atom. The van der Waals surface area contributed by atoms with Gasteiger partial charge in [0, 0.05) is 12.8 Å². The Bertz CT molecular complexity index is 2600. The fraction of sp³-hybridized carbons (Fsp3) is 0.462. The van der Waals surface area contributed by atoms with Crippen LogP contribution in [-0.4, -0.2) is 65.3 Å². The quantitative estimate of drug-likeness (QED) is 0.122. The Balaban J connectivity index is 0.000000254. The Hall–Kier alpha value is -6.10. The van der Waals surface area contributed by atoms with E-state index in [1.807, 2.05) is 13.8 Å². The van der Waals surface area contributed by atoms with Crippen LogP contribution in [0.5, 0.6) is 11.5 Å². The van der Waals surface area contributed by atoms with Crippen LogP contribution in [0.2, 0.25) is 0 Å². The van der Waals surface area contributed by atoms with Crippen molar-refractivity contribution < 1.29 is 45.4 Å². The number of nitrogens with zero attached hydrogens (tertiary/aromatic N) is 4. The van der Waals surface area contributed by atoms with Gasteiger partial charge in [0.05, 0.1) is 70.1 Å². The summed E-state index contributed by atoms with van der Waals surface area (Å²) < 4.78 is 80.4. The molecule has 2 atom stereocenters. The Kier molecular flexibility index (Phi) is 15.7. The van der Waals surface area contributed by atoms with E-state index < -0.39 is 66.2 Å². The number of anilines is 2. The molecule has 0 unspecified atom stereocenters. The van der Waals surface area contributed by atoms with Gasteiger partial charge < -0.3 is 18.9 Å². The van der Waals surface area contributed by atoms with Crippen molar-refractivity contribution in [3.8, 4) is 23.6 Å². The summed E-state index contributed by atoms with van der Waals surface area (Å²) in [6, 6.07) is 28.0. The third-order valence-electron chi connectivity index (χ3n) is 10.7. The van der Waals surface area contributed by atoms with E-state index >= 15 is 0 Å². The second-order valence-corrected chi connectivity index (χ2v) is 24.4. The van der Waals surface area contributed by atoms with Gasteiger partial charge in [0.1, 0.15) is 34.9 Å². The molecule has 4 aromatic rings. The van der Waals surface area contributed by atoms with Crippen molar-refractivity contribution >= 4 is 43.4 Å². The van der Waals surface area contributed by atoms with Gasteiger partial charge in [-0.3, -0.25) is 18.2 Å². The first-order chi connectivity index (χ1) is 31.4. The van der Waals surface area contributed by atoms with E-state index in [-0.39, 0.29) is 35.7 Å². The first-order valence-corrected chi connectivity index (χ1v) is 25.3. The zero-order valence-electron chi connectivity index (χ0n) is 41.2. The first-order valence-electron chi connectivity index (χ1n) is 22.4. The molecule has 4 aromatic carbocycles. The SMILES string of the molecule is Cc1ccc(S(=O)(=O)N2C[C@@H](CC(C)(C)C#N)Oc3ccc(CC(=O)OC(C)(C)C)cc32)cc1.Cc1ccc(S(=O)(=O)N2C[C@H](CC(C)(C)C#N)Oc3ccc(CC(=O)OC(C)(C)C)cc32)cc1. The topological polar surface area (TPSA) is 193 Å². The van der Waals surface area contributed by atoms with Crippen LogP contribution < -0.4 is 18.1 Å². The van der Waals surface area contributed by atoms with Gasteiger partial charge in [-0.1, -0.05) is 47.5 Å². The van der Waals surface area contributed by atoms with Gasteiger partial charge in [-0.15, -0.1) is 0 Å². The third-order valence-corrected chi connectivity index (χ3v) is 14.3. The van der Waals surface area contributed by atoms with Crippen LogP contribution in [0.1, 0.15) is 104 Å². The molecular formula is C52H64N4O10S2. The minimum atomic E-state index is -3.91. The summed E-state index contributed by atoms with van der Waals surface area (Å²) in [5, 5.41) is 18.9. The maximum absolute atomic E-state index is 13.7. The number of carbonyl (C=O) groups excluding carboxylic acids is 2. The lowest BCUT2D eigenvalue weighted by Gasteiger charge is -2.37. The molecule has 0 saturated heterocycles. The molecule has 2 heterocycles. The molecular weight excluding hydrogens is 905 g/mol. The van der Waals surface area contributed by atoms with Crippen LogP contribution >= 0.6 is 0 Å². The number of benzene rings is 4. The fourth-order valence-corrected chi connectivity index (χ4v) is 10.6. The molecule has 0 aromatic heterocycles. The molecule has 0 spiro atoms. The summed E-state index contributed by atoms with van der Waals surface area (Å²) in [5.74, 6) is -0.00115. The summed E-state index contributed by atoms with van der Waals surface area (Å²) in [4.78, 5) is 25.0. The molecule has 0 bridgehead atoms. The maximum Gasteiger partial charge on any atom is 0.310 e. The van der Waals surface area contributed by atoms with Crippen LogP contribution in [0.3, 0.4) is 0 Å². The smallest absolute Gasteiger partial charge is 0.310 e. The van der Waals surface area contributed by atoms with E-state index in [2.05, 4.69) is 12.1 Å². The number of ether oxygens (including phenoxy) is 4. The highest BCUT2D eigenvalue weighted by Gasteiger charge is 2.39. The van der Waals surface area contributed by atoms with Gasteiger partial charge in [-0.25, -0.2) is 16.8 Å². The molecule has 0 saturated carbocycles. The van der Waals surface area contributed by atoms with E-state index in [9.17, 15) is 36.9 Å². The molecule has 2 aliphatic heterocycles. The van der Waals surface area contributed by atoms with Crippen molar-refractivity contribution in [2.24, 2.45) is 10.8 Å². The number of esters is 2. The summed E-state index contributed by atoms with van der Waals surface area (Å²) in [6.07, 6.45) is -0.259. The van der Waals surface area contributed by atoms with E-state index in [1.54, 1.807) is 154 Å². The monoisotopic (exact) mass is 968 g/mol. The standard InChI is InChI=1S/2C26H32N2O5S/c2*1-18-7-10-21(11-8-18)34(30,31)28-16-20(15-26(5,6)17-27)32-23-12-9-19(13-22(23)28)14-24(29)33-25(2,3)4/h2*7-13,20H,14-16H2,1-6H3/t2*20-/m10/s1. The second-order valence-electron chi connectivity index (χ2n) is 20.7. The van der Waals surface area contributed by atoms with E-state index in [0.29, 0.717) is 46.8 Å². The molecule has 0 aliphatic carbocycles. The lowest BCUT2D eigenvalue weighted by atomic mass is 9.88. The Labute approximate surface area is 402 Å². The predicted molar refractivity (Wildman–Crippen MR) is 260 cm³/mol. The zero-order valence-corrected chi connectivity index (χ0v) is 42.8. The van der Waals surface area contributed by atoms with Gasteiger partial charge in [0.15, 0.2) is 0 Å². The van der Waals surface area contributed by atoms with E-state index in [1.165, 1.54) is 8.61 Å². The average Bonchev–Trinajstić information content (AvgIpc) is 3.22. The van der Waals surface area contributed by atoms with Crippen LogP contribution in [0.15, 0.2) is 94.7 Å². The fourth-order valence-electron chi connectivity index (χ4n) is 7.60. The van der Waals surface area contributed by atoms with Crippen molar-refractivity contribution in [1.82, 2.24) is 0 Å². The van der Waals surface area contributed by atoms with Crippen molar-refractivity contribution in [3.05, 3.63) is 107 Å². The number of hydrogen-bond donors (Lipinski definition) is 0. The summed E-state index contributed by atoms with van der Waals surface area (Å²) in [6.45, 7) is 21.9. The van der Waals surface area contributed by atoms with E-state index in [0.717, 1.165) is 11.1 Å². The number of hydrogen-bond acceptors (Lipinski definition) is 12. The van der Waals surface area contributed by atoms with Crippen molar-refractivity contribution in [3.63, 3.8) is 0 Å². The van der Waals surface area contributed by atoms with Gasteiger partial charge in [0.2, 0.25) is 0 Å². The molecule has 6 rings (SSSR count). The number of nitriles is 2. The molecule has 68 heavy (non-hydrogen) atoms. The first kappa shape index (κ1) is 52.9. The van der Waals surface area contributed by atoms with Crippen molar-refractivity contribution in [2.75, 3.05) is 21.7 Å². The maximum atomic E-state index is 13.7. The molecule has 14 nitrogen and oxygen atoms in total. The highest BCUT2D eigenvalue weighted by Crippen LogP contribution is 2.42. The molecule has 364 valence electrons. The van der Waals surface area contributed by atoms with Crippen LogP contribution in [0, 0.1) is 47.3 Å².